The van der Waals surface area contributed by atoms with Gasteiger partial charge in [-0.2, -0.15) is 0 Å². The van der Waals surface area contributed by atoms with Crippen LogP contribution in [-0.2, 0) is 9.59 Å². The van der Waals surface area contributed by atoms with Crippen molar-refractivity contribution in [3.8, 4) is 0 Å². The Kier molecular flexibility index (Phi) is 1.82. The molecule has 48 valence electrons. The Hall–Kier alpha value is -0.420. The molecule has 1 aliphatic rings. The first-order chi connectivity index (χ1) is 4.25. The summed E-state index contributed by atoms with van der Waals surface area (Å²) >= 11 is 5.87. The van der Waals surface area contributed by atoms with Crippen LogP contribution in [0.15, 0.2) is 0 Å². The van der Waals surface area contributed by atoms with E-state index in [1.807, 2.05) is 0 Å². The van der Waals surface area contributed by atoms with Crippen molar-refractivity contribution < 1.29 is 9.59 Å². The molecule has 9 heavy (non-hydrogen) atoms. The molecule has 2 amide bonds. The lowest BCUT2D eigenvalue weighted by Crippen LogP contribution is -2.26. The number of nitrogens with zero attached hydrogens (tertiary/aromatic N) is 1. The summed E-state index contributed by atoms with van der Waals surface area (Å²) in [5.74, 6) is 0.0809. The van der Waals surface area contributed by atoms with Crippen LogP contribution in [0.4, 0.5) is 0 Å². The molecular formula is C4H3NO2S2. The van der Waals surface area contributed by atoms with Crippen molar-refractivity contribution in [2.24, 2.45) is 0 Å². The molecule has 0 saturated carbocycles. The summed E-state index contributed by atoms with van der Waals surface area (Å²) in [5.41, 5.74) is 0. The number of amides is 2. The van der Waals surface area contributed by atoms with Gasteiger partial charge in [0.15, 0.2) is 0 Å². The van der Waals surface area contributed by atoms with Crippen LogP contribution in [0.25, 0.3) is 0 Å². The van der Waals surface area contributed by atoms with E-state index in [0.29, 0.717) is 16.5 Å². The first-order valence-electron chi connectivity index (χ1n) is 2.20. The minimum atomic E-state index is -0.222. The van der Waals surface area contributed by atoms with Crippen LogP contribution < -0.4 is 0 Å². The van der Waals surface area contributed by atoms with Gasteiger partial charge in [0.25, 0.3) is 0 Å². The van der Waals surface area contributed by atoms with E-state index in [1.54, 1.807) is 0 Å². The predicted molar refractivity (Wildman–Crippen MR) is 38.0 cm³/mol. The zero-order valence-corrected chi connectivity index (χ0v) is 6.00. The summed E-state index contributed by atoms with van der Waals surface area (Å²) in [6, 6.07) is 0. The van der Waals surface area contributed by atoms with Gasteiger partial charge in [-0.15, -0.1) is 0 Å². The largest absolute Gasteiger partial charge is 0.278 e. The molecule has 1 fully saturated rings. The van der Waals surface area contributed by atoms with E-state index in [4.69, 9.17) is 0 Å². The number of carbonyl (C=O) groups excluding carboxylic acids is 2. The fourth-order valence-electron chi connectivity index (χ4n) is 0.466. The van der Waals surface area contributed by atoms with Gasteiger partial charge in [0.05, 0.1) is 5.75 Å². The van der Waals surface area contributed by atoms with E-state index in [1.165, 1.54) is 11.8 Å². The molecule has 0 aromatic rings. The van der Waals surface area contributed by atoms with E-state index in [-0.39, 0.29) is 5.91 Å². The van der Waals surface area contributed by atoms with E-state index in [0.717, 1.165) is 4.90 Å². The Bertz CT molecular complexity index is 163. The first kappa shape index (κ1) is 6.70. The quantitative estimate of drug-likeness (QED) is 0.401. The Morgan fingerprint density at radius 1 is 1.78 bits per heavy atom. The molecule has 1 rings (SSSR count). The molecule has 0 radical (unpaired) electrons. The number of carbonyl (C=O) groups is 2. The molecule has 5 heteroatoms. The fraction of sp³-hybridized carbons (Fsp3) is 0.250. The van der Waals surface area contributed by atoms with Gasteiger partial charge in [0.2, 0.25) is 12.3 Å². The van der Waals surface area contributed by atoms with Crippen molar-refractivity contribution in [1.29, 1.82) is 0 Å². The Morgan fingerprint density at radius 3 is 2.67 bits per heavy atom. The third-order valence-electron chi connectivity index (χ3n) is 0.890. The second-order valence-corrected chi connectivity index (χ2v) is 3.03. The Labute approximate surface area is 61.4 Å². The van der Waals surface area contributed by atoms with Crippen LogP contribution in [0.3, 0.4) is 0 Å². The maximum absolute atomic E-state index is 10.6. The number of hydrogen-bond acceptors (Lipinski definition) is 4. The fourth-order valence-corrected chi connectivity index (χ4v) is 1.46. The van der Waals surface area contributed by atoms with Crippen LogP contribution in [0, 0.1) is 0 Å². The summed E-state index contributed by atoms with van der Waals surface area (Å²) in [6.45, 7) is 0. The zero-order chi connectivity index (χ0) is 6.85. The van der Waals surface area contributed by atoms with Crippen molar-refractivity contribution in [2.45, 2.75) is 0 Å². The van der Waals surface area contributed by atoms with Gasteiger partial charge in [-0.1, -0.05) is 24.0 Å². The molecule has 1 saturated heterocycles. The lowest BCUT2D eigenvalue weighted by Gasteiger charge is -2.01. The van der Waals surface area contributed by atoms with Crippen molar-refractivity contribution in [1.82, 2.24) is 4.90 Å². The van der Waals surface area contributed by atoms with E-state index in [2.05, 4.69) is 12.2 Å². The van der Waals surface area contributed by atoms with Gasteiger partial charge in [-0.05, 0) is 0 Å². The minimum absolute atomic E-state index is 0.222. The molecule has 0 aliphatic carbocycles. The molecule has 1 heterocycles. The molecule has 0 N–H and O–H groups in total. The summed E-state index contributed by atoms with van der Waals surface area (Å²) in [4.78, 5) is 21.6. The van der Waals surface area contributed by atoms with Gasteiger partial charge in [0.1, 0.15) is 4.32 Å². The number of rotatable bonds is 1. The Morgan fingerprint density at radius 2 is 2.44 bits per heavy atom. The Balaban J connectivity index is 2.77. The number of imide groups is 1. The molecule has 0 aromatic heterocycles. The monoisotopic (exact) mass is 161 g/mol. The SMILES string of the molecule is O=CN1C(=O)CSC1=S. The summed E-state index contributed by atoms with van der Waals surface area (Å²) in [7, 11) is 0. The van der Waals surface area contributed by atoms with Crippen LogP contribution >= 0.6 is 24.0 Å². The molecule has 0 unspecified atom stereocenters. The number of thiocarbonyl (C=S) groups is 1. The highest BCUT2D eigenvalue weighted by Gasteiger charge is 2.25. The molecule has 1 aliphatic heterocycles. The molecule has 0 bridgehead atoms. The maximum atomic E-state index is 10.6. The predicted octanol–water partition coefficient (Wildman–Crippen LogP) is 0.00310. The van der Waals surface area contributed by atoms with Crippen LogP contribution in [0.5, 0.6) is 0 Å². The summed E-state index contributed by atoms with van der Waals surface area (Å²) < 4.78 is 0.356. The van der Waals surface area contributed by atoms with Gasteiger partial charge in [-0.3, -0.25) is 9.59 Å². The number of hydrogen-bond donors (Lipinski definition) is 0. The third kappa shape index (κ3) is 1.11. The molecule has 0 aromatic carbocycles. The van der Waals surface area contributed by atoms with Gasteiger partial charge in [-0.25, -0.2) is 4.90 Å². The molecule has 0 atom stereocenters. The third-order valence-corrected chi connectivity index (χ3v) is 2.28. The van der Waals surface area contributed by atoms with Crippen molar-refractivity contribution >= 4 is 40.6 Å². The lowest BCUT2D eigenvalue weighted by molar-refractivity contribution is -0.130. The smallest absolute Gasteiger partial charge is 0.245 e. The van der Waals surface area contributed by atoms with Crippen LogP contribution in [0.1, 0.15) is 0 Å². The van der Waals surface area contributed by atoms with Crippen molar-refractivity contribution in [2.75, 3.05) is 5.75 Å². The molecular weight excluding hydrogens is 158 g/mol. The topological polar surface area (TPSA) is 37.4 Å². The van der Waals surface area contributed by atoms with Gasteiger partial charge < -0.3 is 0 Å². The standard InChI is InChI=1S/C4H3NO2S2/c6-2-5-3(7)1-9-4(5)8/h2H,1H2. The van der Waals surface area contributed by atoms with Crippen molar-refractivity contribution in [3.63, 3.8) is 0 Å². The highest BCUT2D eigenvalue weighted by molar-refractivity contribution is 8.24. The molecule has 0 spiro atoms. The van der Waals surface area contributed by atoms with Crippen LogP contribution in [-0.4, -0.2) is 27.3 Å². The van der Waals surface area contributed by atoms with Crippen molar-refractivity contribution in [3.05, 3.63) is 0 Å². The number of thioether (sulfide) groups is 1. The van der Waals surface area contributed by atoms with E-state index < -0.39 is 0 Å². The normalized spacial score (nSPS) is 18.9. The lowest BCUT2D eigenvalue weighted by atomic mass is 10.6. The van der Waals surface area contributed by atoms with E-state index >= 15 is 0 Å². The zero-order valence-electron chi connectivity index (χ0n) is 4.36. The first-order valence-corrected chi connectivity index (χ1v) is 3.59. The average molecular weight is 161 g/mol. The minimum Gasteiger partial charge on any atom is -0.278 e. The second kappa shape index (κ2) is 2.45. The highest BCUT2D eigenvalue weighted by Crippen LogP contribution is 2.16. The summed E-state index contributed by atoms with van der Waals surface area (Å²) in [6.07, 6.45) is 0.449. The summed E-state index contributed by atoms with van der Waals surface area (Å²) in [5, 5.41) is 0. The van der Waals surface area contributed by atoms with Gasteiger partial charge >= 0.3 is 0 Å². The van der Waals surface area contributed by atoms with Gasteiger partial charge in [0, 0.05) is 0 Å². The van der Waals surface area contributed by atoms with Crippen LogP contribution in [0.2, 0.25) is 0 Å². The maximum Gasteiger partial charge on any atom is 0.245 e. The second-order valence-electron chi connectivity index (χ2n) is 1.42. The van der Waals surface area contributed by atoms with E-state index in [9.17, 15) is 9.59 Å². The average Bonchev–Trinajstić information content (AvgIpc) is 2.12. The molecule has 3 nitrogen and oxygen atoms in total. The highest BCUT2D eigenvalue weighted by atomic mass is 32.2.